The number of guanidine groups is 1. The number of aryl methyl sites for hydroxylation is 1. The van der Waals surface area contributed by atoms with Crippen molar-refractivity contribution in [2.75, 3.05) is 27.2 Å². The Morgan fingerprint density at radius 1 is 1.38 bits per heavy atom. The average molecular weight is 334 g/mol. The molecule has 2 N–H and O–H groups in total. The molecule has 0 aromatic carbocycles. The van der Waals surface area contributed by atoms with Gasteiger partial charge in [0.1, 0.15) is 0 Å². The van der Waals surface area contributed by atoms with E-state index in [1.54, 1.807) is 9.58 Å². The monoisotopic (exact) mass is 334 g/mol. The summed E-state index contributed by atoms with van der Waals surface area (Å²) in [6.07, 6.45) is 7.90. The normalized spacial score (nSPS) is 16.9. The van der Waals surface area contributed by atoms with Gasteiger partial charge in [0.15, 0.2) is 5.96 Å². The van der Waals surface area contributed by atoms with Gasteiger partial charge in [-0.2, -0.15) is 5.10 Å². The number of carbonyl (C=O) groups excluding carboxylic acids is 1. The molecule has 1 aliphatic rings. The summed E-state index contributed by atoms with van der Waals surface area (Å²) in [5.74, 6) is 0.967. The molecule has 1 heterocycles. The van der Waals surface area contributed by atoms with Crippen molar-refractivity contribution in [3.63, 3.8) is 0 Å². The first-order valence-electron chi connectivity index (χ1n) is 8.68. The van der Waals surface area contributed by atoms with Crippen molar-refractivity contribution in [1.82, 2.24) is 25.3 Å². The molecule has 1 amide bonds. The van der Waals surface area contributed by atoms with Crippen molar-refractivity contribution in [2.45, 2.75) is 39.2 Å². The van der Waals surface area contributed by atoms with Crippen molar-refractivity contribution >= 4 is 11.9 Å². The molecule has 0 radical (unpaired) electrons. The Labute approximate surface area is 144 Å². The van der Waals surface area contributed by atoms with Crippen molar-refractivity contribution in [2.24, 2.45) is 17.5 Å². The Morgan fingerprint density at radius 3 is 2.62 bits per heavy atom. The van der Waals surface area contributed by atoms with Crippen LogP contribution >= 0.6 is 0 Å². The van der Waals surface area contributed by atoms with Gasteiger partial charge < -0.3 is 15.5 Å². The van der Waals surface area contributed by atoms with E-state index in [-0.39, 0.29) is 11.3 Å². The molecule has 1 fully saturated rings. The Balaban J connectivity index is 2.02. The summed E-state index contributed by atoms with van der Waals surface area (Å²) >= 11 is 0. The predicted octanol–water partition coefficient (Wildman–Crippen LogP) is 1.12. The maximum Gasteiger partial charge on any atom is 0.230 e. The van der Waals surface area contributed by atoms with E-state index in [1.165, 1.54) is 0 Å². The molecule has 0 unspecified atom stereocenters. The highest BCUT2D eigenvalue weighted by atomic mass is 16.2. The van der Waals surface area contributed by atoms with Crippen molar-refractivity contribution in [3.8, 4) is 0 Å². The van der Waals surface area contributed by atoms with Crippen LogP contribution in [0.5, 0.6) is 0 Å². The van der Waals surface area contributed by atoms with Gasteiger partial charge in [0.2, 0.25) is 5.91 Å². The average Bonchev–Trinajstić information content (AvgIpc) is 3.19. The van der Waals surface area contributed by atoms with Crippen molar-refractivity contribution in [1.29, 1.82) is 0 Å². The lowest BCUT2D eigenvalue weighted by Gasteiger charge is -2.31. The molecule has 0 bridgehead atoms. The van der Waals surface area contributed by atoms with E-state index in [1.807, 2.05) is 40.5 Å². The maximum atomic E-state index is 12.6. The van der Waals surface area contributed by atoms with Gasteiger partial charge in [-0.15, -0.1) is 0 Å². The zero-order chi connectivity index (χ0) is 17.6. The van der Waals surface area contributed by atoms with E-state index in [0.717, 1.165) is 43.8 Å². The predicted molar refractivity (Wildman–Crippen MR) is 95.6 cm³/mol. The minimum absolute atomic E-state index is 0.218. The number of hydrogen-bond acceptors (Lipinski definition) is 3. The van der Waals surface area contributed by atoms with Crippen LogP contribution in [-0.4, -0.2) is 53.7 Å². The molecular weight excluding hydrogens is 304 g/mol. The van der Waals surface area contributed by atoms with Gasteiger partial charge in [0.25, 0.3) is 0 Å². The molecule has 0 saturated heterocycles. The van der Waals surface area contributed by atoms with Gasteiger partial charge in [0, 0.05) is 46.0 Å². The number of amides is 1. The van der Waals surface area contributed by atoms with Gasteiger partial charge in [-0.05, 0) is 19.8 Å². The molecule has 24 heavy (non-hydrogen) atoms. The highest BCUT2D eigenvalue weighted by molar-refractivity contribution is 5.85. The molecule has 0 aliphatic heterocycles. The Morgan fingerprint density at radius 2 is 2.08 bits per heavy atom. The molecule has 1 aliphatic carbocycles. The topological polar surface area (TPSA) is 74.5 Å². The zero-order valence-corrected chi connectivity index (χ0v) is 15.3. The van der Waals surface area contributed by atoms with E-state index in [0.29, 0.717) is 13.1 Å². The fourth-order valence-corrected chi connectivity index (χ4v) is 3.31. The second-order valence-corrected chi connectivity index (χ2v) is 6.76. The fourth-order valence-electron chi connectivity index (χ4n) is 3.31. The Hall–Kier alpha value is -2.05. The number of aliphatic imine (C=N–C) groups is 1. The van der Waals surface area contributed by atoms with Crippen LogP contribution in [0.2, 0.25) is 0 Å². The number of nitrogens with one attached hydrogen (secondary N) is 2. The SMILES string of the molecule is CCNC(=NCc1cnn(C)c1)NCC1(C(=O)N(C)C)CCCC1. The van der Waals surface area contributed by atoms with Crippen LogP contribution in [0.15, 0.2) is 17.4 Å². The first-order valence-corrected chi connectivity index (χ1v) is 8.68. The summed E-state index contributed by atoms with van der Waals surface area (Å²) in [6, 6.07) is 0. The number of rotatable bonds is 6. The minimum Gasteiger partial charge on any atom is -0.357 e. The lowest BCUT2D eigenvalue weighted by molar-refractivity contribution is -0.138. The van der Waals surface area contributed by atoms with E-state index in [4.69, 9.17) is 0 Å². The number of carbonyl (C=O) groups is 1. The van der Waals surface area contributed by atoms with Crippen LogP contribution in [-0.2, 0) is 18.4 Å². The molecule has 1 aromatic rings. The van der Waals surface area contributed by atoms with Gasteiger partial charge in [-0.1, -0.05) is 12.8 Å². The van der Waals surface area contributed by atoms with E-state index in [2.05, 4.69) is 20.7 Å². The summed E-state index contributed by atoms with van der Waals surface area (Å²) in [7, 11) is 5.57. The van der Waals surface area contributed by atoms with E-state index >= 15 is 0 Å². The second-order valence-electron chi connectivity index (χ2n) is 6.76. The molecule has 0 spiro atoms. The quantitative estimate of drug-likeness (QED) is 0.604. The van der Waals surface area contributed by atoms with Crippen LogP contribution in [0.3, 0.4) is 0 Å². The van der Waals surface area contributed by atoms with Crippen molar-refractivity contribution < 1.29 is 4.79 Å². The fraction of sp³-hybridized carbons (Fsp3) is 0.706. The van der Waals surface area contributed by atoms with Crippen LogP contribution in [0.25, 0.3) is 0 Å². The maximum absolute atomic E-state index is 12.6. The molecule has 2 rings (SSSR count). The van der Waals surface area contributed by atoms with Crippen molar-refractivity contribution in [3.05, 3.63) is 18.0 Å². The third-order valence-corrected chi connectivity index (χ3v) is 4.54. The summed E-state index contributed by atoms with van der Waals surface area (Å²) < 4.78 is 1.77. The van der Waals surface area contributed by atoms with Crippen LogP contribution < -0.4 is 10.6 Å². The van der Waals surface area contributed by atoms with Gasteiger partial charge in [-0.25, -0.2) is 4.99 Å². The third kappa shape index (κ3) is 4.49. The molecule has 134 valence electrons. The zero-order valence-electron chi connectivity index (χ0n) is 15.3. The molecule has 1 aromatic heterocycles. The first-order chi connectivity index (χ1) is 11.5. The molecule has 7 nitrogen and oxygen atoms in total. The van der Waals surface area contributed by atoms with Crippen LogP contribution in [0.4, 0.5) is 0 Å². The summed E-state index contributed by atoms with van der Waals surface area (Å²) in [4.78, 5) is 19.0. The lowest BCUT2D eigenvalue weighted by atomic mass is 9.84. The Kier molecular flexibility index (Phi) is 6.23. The lowest BCUT2D eigenvalue weighted by Crippen LogP contribution is -2.49. The van der Waals surface area contributed by atoms with E-state index in [9.17, 15) is 4.79 Å². The summed E-state index contributed by atoms with van der Waals surface area (Å²) in [5.41, 5.74) is 0.767. The number of nitrogens with zero attached hydrogens (tertiary/aromatic N) is 4. The molecular formula is C17H30N6O. The van der Waals surface area contributed by atoms with E-state index < -0.39 is 0 Å². The van der Waals surface area contributed by atoms with Gasteiger partial charge in [-0.3, -0.25) is 9.48 Å². The first kappa shape index (κ1) is 18.3. The standard InChI is InChI=1S/C17H30N6O/c1-5-18-16(19-10-14-11-21-23(4)12-14)20-13-17(8-6-7-9-17)15(24)22(2)3/h11-12H,5-10,13H2,1-4H3,(H2,18,19,20). The summed E-state index contributed by atoms with van der Waals surface area (Å²) in [6.45, 7) is 4.02. The van der Waals surface area contributed by atoms with Gasteiger partial charge >= 0.3 is 0 Å². The number of hydrogen-bond donors (Lipinski definition) is 2. The highest BCUT2D eigenvalue weighted by Crippen LogP contribution is 2.38. The van der Waals surface area contributed by atoms with Gasteiger partial charge in [0.05, 0.1) is 18.2 Å². The number of aromatic nitrogens is 2. The Bertz CT molecular complexity index is 571. The second kappa shape index (κ2) is 8.17. The largest absolute Gasteiger partial charge is 0.357 e. The molecule has 7 heteroatoms. The molecule has 0 atom stereocenters. The molecule has 1 saturated carbocycles. The van der Waals surface area contributed by atoms with Crippen LogP contribution in [0.1, 0.15) is 38.2 Å². The smallest absolute Gasteiger partial charge is 0.230 e. The van der Waals surface area contributed by atoms with Crippen LogP contribution in [0, 0.1) is 5.41 Å². The summed E-state index contributed by atoms with van der Waals surface area (Å²) in [5, 5.41) is 10.8. The minimum atomic E-state index is -0.298. The highest BCUT2D eigenvalue weighted by Gasteiger charge is 2.42. The third-order valence-electron chi connectivity index (χ3n) is 4.54.